The molecule has 1 aromatic carbocycles. The Morgan fingerprint density at radius 2 is 1.94 bits per heavy atom. The second-order valence-electron chi connectivity index (χ2n) is 11.4. The van der Waals surface area contributed by atoms with Crippen molar-refractivity contribution in [1.29, 1.82) is 5.26 Å². The molecule has 1 fully saturated rings. The Morgan fingerprint density at radius 1 is 1.31 bits per heavy atom. The van der Waals surface area contributed by atoms with Crippen LogP contribution in [0.2, 0.25) is 0 Å². The van der Waals surface area contributed by atoms with Crippen molar-refractivity contribution in [3.63, 3.8) is 0 Å². The van der Waals surface area contributed by atoms with Crippen LogP contribution in [0.1, 0.15) is 53.0 Å². The van der Waals surface area contributed by atoms with Gasteiger partial charge in [0.05, 0.1) is 17.5 Å². The molecule has 2 heterocycles. The molecule has 4 N–H and O–H groups in total. The molecule has 36 heavy (non-hydrogen) atoms. The molecule has 0 saturated carbocycles. The van der Waals surface area contributed by atoms with Crippen LogP contribution in [0.5, 0.6) is 0 Å². The molecule has 0 aliphatic carbocycles. The average molecular weight is 504 g/mol. The normalized spacial score (nSPS) is 23.4. The number of para-hydroxylation sites is 1. The van der Waals surface area contributed by atoms with E-state index in [0.29, 0.717) is 12.1 Å². The number of likely N-dealkylation sites (tertiary alicyclic amines) is 1. The fourth-order valence-electron chi connectivity index (χ4n) is 5.34. The fourth-order valence-corrected chi connectivity index (χ4v) is 5.34. The average Bonchev–Trinajstić information content (AvgIpc) is 3.29. The largest absolute Gasteiger partial charge is 0.364 e. The minimum Gasteiger partial charge on any atom is -0.364 e. The predicted octanol–water partition coefficient (Wildman–Crippen LogP) is 2.79. The van der Waals surface area contributed by atoms with Gasteiger partial charge >= 0.3 is 5.92 Å². The number of hydrogen-bond donors (Lipinski definition) is 3. The molecule has 1 aromatic rings. The number of fused-ring (bicyclic) bond motifs is 2. The van der Waals surface area contributed by atoms with Crippen LogP contribution in [-0.2, 0) is 19.8 Å². The summed E-state index contributed by atoms with van der Waals surface area (Å²) in [5.41, 5.74) is 4.38. The maximum Gasteiger partial charge on any atom is 0.328 e. The first-order valence-electron chi connectivity index (χ1n) is 12.2. The lowest BCUT2D eigenvalue weighted by Crippen LogP contribution is -2.55. The number of anilines is 1. The highest BCUT2D eigenvalue weighted by molar-refractivity contribution is 6.07. The van der Waals surface area contributed by atoms with Crippen molar-refractivity contribution in [2.24, 2.45) is 23.0 Å². The molecule has 8 nitrogen and oxygen atoms in total. The minimum absolute atomic E-state index is 0.0172. The van der Waals surface area contributed by atoms with Gasteiger partial charge in [-0.15, -0.1) is 0 Å². The summed E-state index contributed by atoms with van der Waals surface area (Å²) < 4.78 is 29.5. The van der Waals surface area contributed by atoms with Crippen LogP contribution >= 0.6 is 0 Å². The van der Waals surface area contributed by atoms with Crippen molar-refractivity contribution in [1.82, 2.24) is 10.2 Å². The molecule has 3 rings (SSSR count). The van der Waals surface area contributed by atoms with Crippen molar-refractivity contribution in [2.45, 2.75) is 70.9 Å². The number of carbonyl (C=O) groups is 3. The van der Waals surface area contributed by atoms with E-state index in [1.165, 1.54) is 4.90 Å². The molecule has 10 heteroatoms. The second-order valence-corrected chi connectivity index (χ2v) is 11.4. The van der Waals surface area contributed by atoms with Crippen LogP contribution in [0.3, 0.4) is 0 Å². The first-order valence-corrected chi connectivity index (χ1v) is 12.2. The van der Waals surface area contributed by atoms with Crippen molar-refractivity contribution >= 4 is 23.4 Å². The topological polar surface area (TPSA) is 128 Å². The van der Waals surface area contributed by atoms with Crippen LogP contribution < -0.4 is 16.4 Å². The van der Waals surface area contributed by atoms with Gasteiger partial charge in [0.15, 0.2) is 0 Å². The number of nitriles is 1. The van der Waals surface area contributed by atoms with E-state index in [2.05, 4.69) is 16.7 Å². The molecule has 3 amide bonds. The number of nitrogens with zero attached hydrogens (tertiary/aromatic N) is 2. The molecule has 1 spiro atoms. The number of halogens is 2. The zero-order valence-corrected chi connectivity index (χ0v) is 21.4. The predicted molar refractivity (Wildman–Crippen MR) is 131 cm³/mol. The number of hydrogen-bond acceptors (Lipinski definition) is 5. The summed E-state index contributed by atoms with van der Waals surface area (Å²) in [5, 5.41) is 15.7. The van der Waals surface area contributed by atoms with Gasteiger partial charge in [0.1, 0.15) is 6.04 Å². The SMILES string of the molecule is CC(C)C[C@H](NC[C@H](C(C)(C)C)C(F)(F)C(N)=O)C(=O)N1C[C@]2(C[C@H]1C#N)C(=O)Nc1ccccc12. The van der Waals surface area contributed by atoms with E-state index in [4.69, 9.17) is 5.73 Å². The van der Waals surface area contributed by atoms with E-state index in [9.17, 15) is 28.4 Å². The van der Waals surface area contributed by atoms with Gasteiger partial charge in [-0.1, -0.05) is 52.8 Å². The molecule has 0 aromatic heterocycles. The maximum atomic E-state index is 14.7. The van der Waals surface area contributed by atoms with Crippen molar-refractivity contribution in [3.8, 4) is 6.07 Å². The molecule has 0 radical (unpaired) electrons. The molecule has 0 unspecified atom stereocenters. The van der Waals surface area contributed by atoms with E-state index in [1.54, 1.807) is 39.0 Å². The number of primary amides is 1. The molecule has 4 atom stereocenters. The maximum absolute atomic E-state index is 14.7. The zero-order valence-electron chi connectivity index (χ0n) is 21.4. The first kappa shape index (κ1) is 27.5. The van der Waals surface area contributed by atoms with Crippen LogP contribution in [0.25, 0.3) is 0 Å². The third-order valence-electron chi connectivity index (χ3n) is 7.30. The summed E-state index contributed by atoms with van der Waals surface area (Å²) in [7, 11) is 0. The summed E-state index contributed by atoms with van der Waals surface area (Å²) in [5.74, 6) is -7.62. The van der Waals surface area contributed by atoms with E-state index in [-0.39, 0.29) is 31.3 Å². The summed E-state index contributed by atoms with van der Waals surface area (Å²) in [6, 6.07) is 7.62. The molecule has 2 aliphatic heterocycles. The van der Waals surface area contributed by atoms with Gasteiger partial charge in [-0.25, -0.2) is 0 Å². The monoisotopic (exact) mass is 503 g/mol. The third kappa shape index (κ3) is 4.94. The molecular weight excluding hydrogens is 468 g/mol. The van der Waals surface area contributed by atoms with Gasteiger partial charge in [0, 0.05) is 31.1 Å². The molecular formula is C26H35F2N5O3. The Bertz CT molecular complexity index is 1080. The smallest absolute Gasteiger partial charge is 0.328 e. The van der Waals surface area contributed by atoms with Gasteiger partial charge in [-0.3, -0.25) is 14.4 Å². The number of amides is 3. The third-order valence-corrected chi connectivity index (χ3v) is 7.30. The fraction of sp³-hybridized carbons (Fsp3) is 0.615. The van der Waals surface area contributed by atoms with Crippen LogP contribution in [0, 0.1) is 28.6 Å². The number of nitrogens with two attached hydrogens (primary N) is 1. The molecule has 196 valence electrons. The summed E-state index contributed by atoms with van der Waals surface area (Å²) in [6.45, 7) is 8.24. The lowest BCUT2D eigenvalue weighted by Gasteiger charge is -2.37. The number of carbonyl (C=O) groups excluding carboxylic acids is 3. The Kier molecular flexibility index (Phi) is 7.47. The summed E-state index contributed by atoms with van der Waals surface area (Å²) >= 11 is 0. The van der Waals surface area contributed by atoms with Crippen LogP contribution in [-0.4, -0.2) is 53.7 Å². The number of nitrogens with one attached hydrogen (secondary N) is 2. The highest BCUT2D eigenvalue weighted by atomic mass is 19.3. The number of alkyl halides is 2. The lowest BCUT2D eigenvalue weighted by atomic mass is 9.76. The van der Waals surface area contributed by atoms with Gasteiger partial charge in [0.2, 0.25) is 11.8 Å². The van der Waals surface area contributed by atoms with Gasteiger partial charge in [0.25, 0.3) is 5.91 Å². The Balaban J connectivity index is 1.89. The van der Waals surface area contributed by atoms with Crippen molar-refractivity contribution in [2.75, 3.05) is 18.4 Å². The quantitative estimate of drug-likeness (QED) is 0.503. The Morgan fingerprint density at radius 3 is 2.50 bits per heavy atom. The standard InChI is InChI=1S/C26H35F2N5O3/c1-15(2)10-19(31-13-20(24(3,4)5)26(27,28)22(30)35)21(34)33-14-25(11-16(33)12-29)17-8-6-7-9-18(17)32-23(25)36/h6-9,15-16,19-20,31H,10-11,13-14H2,1-5H3,(H2,30,35)(H,32,36)/t16-,19-,20+,25-/m0/s1. The summed E-state index contributed by atoms with van der Waals surface area (Å²) in [4.78, 5) is 39.7. The molecule has 2 aliphatic rings. The second kappa shape index (κ2) is 9.77. The van der Waals surface area contributed by atoms with Crippen LogP contribution in [0.4, 0.5) is 14.5 Å². The van der Waals surface area contributed by atoms with Gasteiger partial charge in [-0.05, 0) is 29.4 Å². The van der Waals surface area contributed by atoms with E-state index in [0.717, 1.165) is 5.56 Å². The van der Waals surface area contributed by atoms with E-state index < -0.39 is 46.6 Å². The van der Waals surface area contributed by atoms with Crippen LogP contribution in [0.15, 0.2) is 24.3 Å². The Labute approximate surface area is 210 Å². The minimum atomic E-state index is -3.78. The van der Waals surface area contributed by atoms with Gasteiger partial charge < -0.3 is 21.3 Å². The first-order chi connectivity index (χ1) is 16.6. The highest BCUT2D eigenvalue weighted by Crippen LogP contribution is 2.46. The molecule has 1 saturated heterocycles. The van der Waals surface area contributed by atoms with E-state index >= 15 is 0 Å². The molecule has 0 bridgehead atoms. The number of benzene rings is 1. The Hall–Kier alpha value is -3.06. The van der Waals surface area contributed by atoms with Crippen molar-refractivity contribution < 1.29 is 23.2 Å². The van der Waals surface area contributed by atoms with E-state index in [1.807, 2.05) is 19.9 Å². The number of rotatable bonds is 8. The van der Waals surface area contributed by atoms with Gasteiger partial charge in [-0.2, -0.15) is 14.0 Å². The zero-order chi connectivity index (χ0) is 27.1. The highest BCUT2D eigenvalue weighted by Gasteiger charge is 2.57. The summed E-state index contributed by atoms with van der Waals surface area (Å²) in [6.07, 6.45) is 0.471. The lowest BCUT2D eigenvalue weighted by molar-refractivity contribution is -0.158. The van der Waals surface area contributed by atoms with Crippen molar-refractivity contribution in [3.05, 3.63) is 29.8 Å².